The lowest BCUT2D eigenvalue weighted by Gasteiger charge is -2.27. The minimum atomic E-state index is -5.10. The van der Waals surface area contributed by atoms with Crippen molar-refractivity contribution in [3.63, 3.8) is 0 Å². The highest BCUT2D eigenvalue weighted by molar-refractivity contribution is 7.09. The van der Waals surface area contributed by atoms with Gasteiger partial charge in [-0.2, -0.15) is 13.2 Å². The molecule has 1 aromatic rings. The Morgan fingerprint density at radius 3 is 2.50 bits per heavy atom. The number of likely N-dealkylation sites (tertiary alicyclic amines) is 1. The Labute approximate surface area is 140 Å². The number of carbonyl (C=O) groups excluding carboxylic acids is 2. The number of esters is 1. The highest BCUT2D eigenvalue weighted by Crippen LogP contribution is 2.42. The number of carbonyl (C=O) groups is 2. The van der Waals surface area contributed by atoms with Gasteiger partial charge in [-0.1, -0.05) is 0 Å². The Balaban J connectivity index is 2.01. The molecule has 24 heavy (non-hydrogen) atoms. The van der Waals surface area contributed by atoms with Gasteiger partial charge in [0, 0.05) is 24.2 Å². The van der Waals surface area contributed by atoms with Gasteiger partial charge >= 0.3 is 12.1 Å². The molecule has 1 atom stereocenters. The molecule has 0 saturated carbocycles. The molecule has 0 bridgehead atoms. The van der Waals surface area contributed by atoms with E-state index in [0.29, 0.717) is 30.1 Å². The number of thiazole rings is 1. The van der Waals surface area contributed by atoms with E-state index in [1.54, 1.807) is 0 Å². The van der Waals surface area contributed by atoms with Gasteiger partial charge in [0.25, 0.3) is 5.91 Å². The van der Waals surface area contributed by atoms with Gasteiger partial charge in [0.1, 0.15) is 5.01 Å². The summed E-state index contributed by atoms with van der Waals surface area (Å²) >= 11 is 0.606. The van der Waals surface area contributed by atoms with Crippen LogP contribution in [0.4, 0.5) is 13.2 Å². The molecule has 0 aromatic carbocycles. The summed E-state index contributed by atoms with van der Waals surface area (Å²) in [5, 5.41) is 10.7. The van der Waals surface area contributed by atoms with E-state index in [-0.39, 0.29) is 0 Å². The highest BCUT2D eigenvalue weighted by atomic mass is 32.1. The molecule has 0 spiro atoms. The average Bonchev–Trinajstić information content (AvgIpc) is 3.14. The van der Waals surface area contributed by atoms with Crippen LogP contribution in [0, 0.1) is 6.92 Å². The van der Waals surface area contributed by atoms with Crippen molar-refractivity contribution in [1.82, 2.24) is 9.88 Å². The minimum absolute atomic E-state index is 0.301. The number of hydrogen-bond donors (Lipinski definition) is 1. The summed E-state index contributed by atoms with van der Waals surface area (Å²) in [7, 11) is 0. The molecule has 2 rings (SSSR count). The van der Waals surface area contributed by atoms with Crippen LogP contribution in [0.3, 0.4) is 0 Å². The maximum absolute atomic E-state index is 13.2. The summed E-state index contributed by atoms with van der Waals surface area (Å²) in [4.78, 5) is 28.6. The Hall–Kier alpha value is -1.68. The molecule has 1 aromatic heterocycles. The van der Waals surface area contributed by atoms with Crippen LogP contribution in [0.25, 0.3) is 0 Å². The Morgan fingerprint density at radius 1 is 1.38 bits per heavy atom. The molecule has 134 valence electrons. The fourth-order valence-corrected chi connectivity index (χ4v) is 3.22. The number of amides is 1. The molecule has 1 aliphatic heterocycles. The highest BCUT2D eigenvalue weighted by Gasteiger charge is 2.58. The zero-order chi connectivity index (χ0) is 18.0. The zero-order valence-electron chi connectivity index (χ0n) is 12.9. The third-order valence-electron chi connectivity index (χ3n) is 3.66. The minimum Gasteiger partial charge on any atom is -0.455 e. The quantitative estimate of drug-likeness (QED) is 0.804. The Kier molecular flexibility index (Phi) is 5.49. The van der Waals surface area contributed by atoms with Gasteiger partial charge in [0.2, 0.25) is 5.60 Å². The van der Waals surface area contributed by atoms with Gasteiger partial charge in [-0.15, -0.1) is 11.3 Å². The number of rotatable bonds is 5. The third-order valence-corrected chi connectivity index (χ3v) is 4.77. The van der Waals surface area contributed by atoms with E-state index in [1.807, 2.05) is 0 Å². The molecule has 1 N–H and O–H groups in total. The van der Waals surface area contributed by atoms with E-state index in [2.05, 4.69) is 9.72 Å². The van der Waals surface area contributed by atoms with Gasteiger partial charge in [-0.25, -0.2) is 4.98 Å². The maximum atomic E-state index is 13.2. The lowest BCUT2D eigenvalue weighted by Crippen LogP contribution is -2.44. The summed E-state index contributed by atoms with van der Waals surface area (Å²) in [6, 6.07) is 0. The van der Waals surface area contributed by atoms with Gasteiger partial charge < -0.3 is 14.7 Å². The van der Waals surface area contributed by atoms with Crippen molar-refractivity contribution in [3.05, 3.63) is 16.1 Å². The van der Waals surface area contributed by atoms with E-state index < -0.39 is 41.7 Å². The number of hydrogen-bond acceptors (Lipinski definition) is 6. The molecule has 6 nitrogen and oxygen atoms in total. The number of alkyl halides is 3. The second kappa shape index (κ2) is 7.06. The van der Waals surface area contributed by atoms with Crippen molar-refractivity contribution in [1.29, 1.82) is 0 Å². The van der Waals surface area contributed by atoms with Crippen LogP contribution in [0.5, 0.6) is 0 Å². The van der Waals surface area contributed by atoms with Crippen LogP contribution in [-0.4, -0.2) is 52.7 Å². The van der Waals surface area contributed by atoms with E-state index in [0.717, 1.165) is 12.8 Å². The standard InChI is InChI=1S/C14H17F3N2O4S/c1-9-8-24-12(18-9)13(22,14(15,16)17)6-11(21)23-7-10(20)19-4-2-3-5-19/h8,22H,2-7H2,1H3/t13-/m0/s1. The average molecular weight is 366 g/mol. The van der Waals surface area contributed by atoms with Crippen LogP contribution >= 0.6 is 11.3 Å². The molecule has 0 aliphatic carbocycles. The monoisotopic (exact) mass is 366 g/mol. The van der Waals surface area contributed by atoms with Crippen LogP contribution in [-0.2, 0) is 19.9 Å². The zero-order valence-corrected chi connectivity index (χ0v) is 13.7. The number of nitrogens with zero attached hydrogens (tertiary/aromatic N) is 2. The molecule has 0 unspecified atom stereocenters. The molecule has 10 heteroatoms. The number of aromatic nitrogens is 1. The normalized spacial score (nSPS) is 17.6. The molecule has 1 saturated heterocycles. The predicted octanol–water partition coefficient (Wildman–Crippen LogP) is 1.76. The summed E-state index contributed by atoms with van der Waals surface area (Å²) in [6.45, 7) is 1.93. The first-order chi connectivity index (χ1) is 11.1. The topological polar surface area (TPSA) is 79.7 Å². The largest absolute Gasteiger partial charge is 0.455 e. The van der Waals surface area contributed by atoms with Crippen molar-refractivity contribution in [2.24, 2.45) is 0 Å². The van der Waals surface area contributed by atoms with Gasteiger partial charge in [-0.3, -0.25) is 9.59 Å². The molecule has 1 aliphatic rings. The van der Waals surface area contributed by atoms with E-state index in [9.17, 15) is 27.9 Å². The van der Waals surface area contributed by atoms with E-state index in [4.69, 9.17) is 0 Å². The van der Waals surface area contributed by atoms with Crippen LogP contribution < -0.4 is 0 Å². The van der Waals surface area contributed by atoms with E-state index >= 15 is 0 Å². The lowest BCUT2D eigenvalue weighted by molar-refractivity contribution is -0.269. The first-order valence-electron chi connectivity index (χ1n) is 7.28. The van der Waals surface area contributed by atoms with Crippen LogP contribution in [0.15, 0.2) is 5.38 Å². The fraction of sp³-hybridized carbons (Fsp3) is 0.643. The van der Waals surface area contributed by atoms with Gasteiger partial charge in [0.15, 0.2) is 6.61 Å². The number of aliphatic hydroxyl groups is 1. The third kappa shape index (κ3) is 4.04. The number of ether oxygens (including phenoxy) is 1. The van der Waals surface area contributed by atoms with Crippen LogP contribution in [0.1, 0.15) is 30.0 Å². The summed E-state index contributed by atoms with van der Waals surface area (Å²) < 4.78 is 44.3. The van der Waals surface area contributed by atoms with Crippen LogP contribution in [0.2, 0.25) is 0 Å². The van der Waals surface area contributed by atoms with Crippen molar-refractivity contribution in [2.45, 2.75) is 38.0 Å². The molecular weight excluding hydrogens is 349 g/mol. The Bertz CT molecular complexity index is 613. The molecular formula is C14H17F3N2O4S. The number of halogens is 3. The second-order valence-electron chi connectivity index (χ2n) is 5.58. The fourth-order valence-electron chi connectivity index (χ4n) is 2.30. The van der Waals surface area contributed by atoms with Crippen molar-refractivity contribution in [3.8, 4) is 0 Å². The van der Waals surface area contributed by atoms with Crippen molar-refractivity contribution < 1.29 is 32.6 Å². The predicted molar refractivity (Wildman–Crippen MR) is 78.2 cm³/mol. The van der Waals surface area contributed by atoms with Gasteiger partial charge in [0.05, 0.1) is 6.42 Å². The molecule has 1 fully saturated rings. The lowest BCUT2D eigenvalue weighted by atomic mass is 10.00. The van der Waals surface area contributed by atoms with Crippen molar-refractivity contribution >= 4 is 23.2 Å². The van der Waals surface area contributed by atoms with Crippen molar-refractivity contribution in [2.75, 3.05) is 19.7 Å². The number of aryl methyl sites for hydroxylation is 1. The smallest absolute Gasteiger partial charge is 0.424 e. The first kappa shape index (κ1) is 18.7. The summed E-state index contributed by atoms with van der Waals surface area (Å²) in [5.74, 6) is -1.77. The first-order valence-corrected chi connectivity index (χ1v) is 8.16. The molecule has 1 amide bonds. The van der Waals surface area contributed by atoms with E-state index in [1.165, 1.54) is 17.2 Å². The maximum Gasteiger partial charge on any atom is 0.424 e. The van der Waals surface area contributed by atoms with Gasteiger partial charge in [-0.05, 0) is 19.8 Å². The summed E-state index contributed by atoms with van der Waals surface area (Å²) in [5.41, 5.74) is -3.13. The molecule has 2 heterocycles. The Morgan fingerprint density at radius 2 is 2.00 bits per heavy atom. The molecule has 0 radical (unpaired) electrons. The second-order valence-corrected chi connectivity index (χ2v) is 6.44. The SMILES string of the molecule is Cc1csc([C@@](O)(CC(=O)OCC(=O)N2CCCC2)C(F)(F)F)n1. The summed E-state index contributed by atoms with van der Waals surface area (Å²) in [6.07, 6.45) is -4.76.